The number of benzene rings is 1. The number of nitrogens with one attached hydrogen (secondary N) is 1. The summed E-state index contributed by atoms with van der Waals surface area (Å²) in [6.45, 7) is 0.398. The summed E-state index contributed by atoms with van der Waals surface area (Å²) in [6, 6.07) is 18.2. The van der Waals surface area contributed by atoms with Crippen molar-refractivity contribution in [2.24, 2.45) is 0 Å². The summed E-state index contributed by atoms with van der Waals surface area (Å²) in [5, 5.41) is 2.83. The smallest absolute Gasteiger partial charge is 0.270 e. The van der Waals surface area contributed by atoms with E-state index in [2.05, 4.69) is 15.3 Å². The average Bonchev–Trinajstić information content (AvgIpc) is 2.62. The molecule has 0 unspecified atom stereocenters. The first-order valence-corrected chi connectivity index (χ1v) is 7.18. The van der Waals surface area contributed by atoms with Crippen LogP contribution in [0.25, 0.3) is 0 Å². The lowest BCUT2D eigenvalue weighted by Gasteiger charge is -2.08. The van der Waals surface area contributed by atoms with Gasteiger partial charge in [-0.05, 0) is 35.9 Å². The molecule has 1 amide bonds. The molecule has 0 aliphatic rings. The maximum atomic E-state index is 12.0. The summed E-state index contributed by atoms with van der Waals surface area (Å²) >= 11 is 0. The van der Waals surface area contributed by atoms with Crippen LogP contribution >= 0.6 is 0 Å². The second kappa shape index (κ2) is 7.17. The molecule has 0 aliphatic carbocycles. The molecule has 1 aromatic carbocycles. The van der Waals surface area contributed by atoms with Crippen molar-refractivity contribution in [3.63, 3.8) is 0 Å². The molecule has 5 heteroatoms. The van der Waals surface area contributed by atoms with Crippen LogP contribution in [0.4, 0.5) is 0 Å². The molecule has 0 radical (unpaired) electrons. The van der Waals surface area contributed by atoms with Crippen molar-refractivity contribution in [2.75, 3.05) is 0 Å². The Morgan fingerprint density at radius 2 is 1.78 bits per heavy atom. The largest absolute Gasteiger partial charge is 0.439 e. The van der Waals surface area contributed by atoms with Gasteiger partial charge in [-0.1, -0.05) is 24.3 Å². The predicted molar refractivity (Wildman–Crippen MR) is 86.2 cm³/mol. The molecule has 3 aromatic rings. The molecule has 0 bridgehead atoms. The number of aromatic nitrogens is 2. The van der Waals surface area contributed by atoms with Gasteiger partial charge in [0.2, 0.25) is 5.88 Å². The second-order valence-electron chi connectivity index (χ2n) is 4.82. The summed E-state index contributed by atoms with van der Waals surface area (Å²) < 4.78 is 5.67. The van der Waals surface area contributed by atoms with E-state index >= 15 is 0 Å². The lowest BCUT2D eigenvalue weighted by Crippen LogP contribution is -2.23. The number of carbonyl (C=O) groups excluding carboxylic acids is 1. The van der Waals surface area contributed by atoms with Crippen LogP contribution in [0.3, 0.4) is 0 Å². The van der Waals surface area contributed by atoms with Crippen LogP contribution in [0.5, 0.6) is 11.6 Å². The van der Waals surface area contributed by atoms with E-state index in [4.69, 9.17) is 4.74 Å². The minimum absolute atomic E-state index is 0.207. The van der Waals surface area contributed by atoms with Crippen LogP contribution < -0.4 is 10.1 Å². The minimum atomic E-state index is -0.207. The van der Waals surface area contributed by atoms with Crippen LogP contribution in [0, 0.1) is 0 Å². The third kappa shape index (κ3) is 4.14. The summed E-state index contributed by atoms with van der Waals surface area (Å²) in [5.74, 6) is 0.997. The first-order chi connectivity index (χ1) is 11.3. The lowest BCUT2D eigenvalue weighted by atomic mass is 10.2. The first kappa shape index (κ1) is 14.7. The Morgan fingerprint density at radius 1 is 0.957 bits per heavy atom. The second-order valence-corrected chi connectivity index (χ2v) is 4.82. The fourth-order valence-corrected chi connectivity index (χ4v) is 2.02. The van der Waals surface area contributed by atoms with Crippen molar-refractivity contribution in [1.82, 2.24) is 15.3 Å². The molecule has 0 saturated carbocycles. The van der Waals surface area contributed by atoms with Gasteiger partial charge < -0.3 is 10.1 Å². The monoisotopic (exact) mass is 305 g/mol. The van der Waals surface area contributed by atoms with Gasteiger partial charge in [0.05, 0.1) is 0 Å². The quantitative estimate of drug-likeness (QED) is 0.786. The number of amides is 1. The van der Waals surface area contributed by atoms with Gasteiger partial charge in [0.1, 0.15) is 11.4 Å². The van der Waals surface area contributed by atoms with Crippen LogP contribution in [-0.2, 0) is 6.54 Å². The third-order valence-electron chi connectivity index (χ3n) is 3.11. The van der Waals surface area contributed by atoms with Gasteiger partial charge >= 0.3 is 0 Å². The normalized spacial score (nSPS) is 10.1. The highest BCUT2D eigenvalue weighted by atomic mass is 16.5. The average molecular weight is 305 g/mol. The van der Waals surface area contributed by atoms with E-state index in [0.29, 0.717) is 23.9 Å². The van der Waals surface area contributed by atoms with Crippen molar-refractivity contribution in [3.8, 4) is 11.6 Å². The Bertz CT molecular complexity index is 777. The van der Waals surface area contributed by atoms with Gasteiger partial charge in [0.25, 0.3) is 5.91 Å². The van der Waals surface area contributed by atoms with Gasteiger partial charge in [0, 0.05) is 25.0 Å². The molecule has 0 aliphatic heterocycles. The highest BCUT2D eigenvalue weighted by molar-refractivity contribution is 5.92. The molecule has 5 nitrogen and oxygen atoms in total. The van der Waals surface area contributed by atoms with E-state index in [-0.39, 0.29) is 5.91 Å². The lowest BCUT2D eigenvalue weighted by molar-refractivity contribution is 0.0946. The van der Waals surface area contributed by atoms with E-state index < -0.39 is 0 Å². The van der Waals surface area contributed by atoms with Crippen LogP contribution in [0.1, 0.15) is 16.1 Å². The maximum Gasteiger partial charge on any atom is 0.270 e. The molecule has 0 fully saturated rings. The fraction of sp³-hybridized carbons (Fsp3) is 0.0556. The topological polar surface area (TPSA) is 64.1 Å². The van der Waals surface area contributed by atoms with Crippen molar-refractivity contribution in [2.45, 2.75) is 6.54 Å². The number of hydrogen-bond acceptors (Lipinski definition) is 4. The zero-order chi connectivity index (χ0) is 15.9. The molecule has 114 valence electrons. The maximum absolute atomic E-state index is 12.0. The predicted octanol–water partition coefficient (Wildman–Crippen LogP) is 3.20. The number of nitrogens with zero attached hydrogens (tertiary/aromatic N) is 2. The van der Waals surface area contributed by atoms with Crippen molar-refractivity contribution >= 4 is 5.91 Å². The van der Waals surface area contributed by atoms with Crippen LogP contribution in [0.2, 0.25) is 0 Å². The molecule has 1 N–H and O–H groups in total. The highest BCUT2D eigenvalue weighted by Gasteiger charge is 2.06. The molecule has 0 spiro atoms. The standard InChI is InChI=1S/C18H15N3O2/c22-18(16-8-1-3-10-19-16)21-13-14-6-5-7-15(12-14)23-17-9-2-4-11-20-17/h1-12H,13H2,(H,21,22). The van der Waals surface area contributed by atoms with Crippen molar-refractivity contribution in [1.29, 1.82) is 0 Å². The van der Waals surface area contributed by atoms with Gasteiger partial charge in [-0.15, -0.1) is 0 Å². The SMILES string of the molecule is O=C(NCc1cccc(Oc2ccccn2)c1)c1ccccn1. The van der Waals surface area contributed by atoms with Crippen molar-refractivity contribution < 1.29 is 9.53 Å². The molecular formula is C18H15N3O2. The third-order valence-corrected chi connectivity index (χ3v) is 3.11. The van der Waals surface area contributed by atoms with Crippen LogP contribution in [-0.4, -0.2) is 15.9 Å². The molecule has 3 rings (SSSR count). The van der Waals surface area contributed by atoms with E-state index in [1.54, 1.807) is 36.7 Å². The zero-order valence-electron chi connectivity index (χ0n) is 12.3. The number of hydrogen-bond donors (Lipinski definition) is 1. The Labute approximate surface area is 134 Å². The van der Waals surface area contributed by atoms with E-state index in [0.717, 1.165) is 5.56 Å². The fourth-order valence-electron chi connectivity index (χ4n) is 2.02. The van der Waals surface area contributed by atoms with Crippen LogP contribution in [0.15, 0.2) is 73.1 Å². The summed E-state index contributed by atoms with van der Waals surface area (Å²) in [5.41, 5.74) is 1.33. The summed E-state index contributed by atoms with van der Waals surface area (Å²) in [7, 11) is 0. The number of carbonyl (C=O) groups is 1. The Hall–Kier alpha value is -3.21. The van der Waals surface area contributed by atoms with Gasteiger partial charge in [-0.2, -0.15) is 0 Å². The summed E-state index contributed by atoms with van der Waals surface area (Å²) in [6.07, 6.45) is 3.27. The molecule has 0 atom stereocenters. The van der Waals surface area contributed by atoms with Gasteiger partial charge in [-0.25, -0.2) is 4.98 Å². The Morgan fingerprint density at radius 3 is 2.52 bits per heavy atom. The Kier molecular flexibility index (Phi) is 4.59. The van der Waals surface area contributed by atoms with Gasteiger partial charge in [-0.3, -0.25) is 9.78 Å². The van der Waals surface area contributed by atoms with E-state index in [9.17, 15) is 4.79 Å². The highest BCUT2D eigenvalue weighted by Crippen LogP contribution is 2.19. The number of pyridine rings is 2. The number of rotatable bonds is 5. The van der Waals surface area contributed by atoms with Crippen molar-refractivity contribution in [3.05, 3.63) is 84.3 Å². The minimum Gasteiger partial charge on any atom is -0.439 e. The molecule has 23 heavy (non-hydrogen) atoms. The zero-order valence-corrected chi connectivity index (χ0v) is 12.3. The van der Waals surface area contributed by atoms with E-state index in [1.165, 1.54) is 0 Å². The molecule has 2 aromatic heterocycles. The van der Waals surface area contributed by atoms with Gasteiger partial charge in [0.15, 0.2) is 0 Å². The molecule has 2 heterocycles. The molecular weight excluding hydrogens is 290 g/mol. The summed E-state index contributed by atoms with van der Waals surface area (Å²) in [4.78, 5) is 20.1. The molecule has 0 saturated heterocycles. The Balaban J connectivity index is 1.63. The first-order valence-electron chi connectivity index (χ1n) is 7.18. The number of ether oxygens (including phenoxy) is 1. The van der Waals surface area contributed by atoms with E-state index in [1.807, 2.05) is 36.4 Å².